The third-order valence-electron chi connectivity index (χ3n) is 4.21. The molecular weight excluding hydrogens is 318 g/mol. The fourth-order valence-corrected chi connectivity index (χ4v) is 3.53. The standard InChI is InChI=1S/C19H21N3OS/c1-3-5-15(12-20-4-2)13-6-8-14(9-7-13)16-10-11-17(23)19-18(16)21-24-22-19/h3,5-6,8-13,15,23H,4,7H2,1-2H3/b5-3+,20-12?. The second-order valence-electron chi connectivity index (χ2n) is 5.76. The van der Waals surface area contributed by atoms with Gasteiger partial charge in [-0.25, -0.2) is 0 Å². The molecule has 0 radical (unpaired) electrons. The average molecular weight is 339 g/mol. The van der Waals surface area contributed by atoms with Crippen molar-refractivity contribution in [3.05, 3.63) is 48.1 Å². The highest BCUT2D eigenvalue weighted by atomic mass is 32.1. The summed E-state index contributed by atoms with van der Waals surface area (Å²) in [6, 6.07) is 3.61. The molecule has 2 aromatic rings. The molecule has 124 valence electrons. The van der Waals surface area contributed by atoms with Crippen molar-refractivity contribution in [3.63, 3.8) is 0 Å². The van der Waals surface area contributed by atoms with Crippen LogP contribution in [0, 0.1) is 11.8 Å². The van der Waals surface area contributed by atoms with Gasteiger partial charge in [0, 0.05) is 24.2 Å². The van der Waals surface area contributed by atoms with Crippen LogP contribution in [0.4, 0.5) is 0 Å². The van der Waals surface area contributed by atoms with Crippen molar-refractivity contribution in [3.8, 4) is 5.75 Å². The van der Waals surface area contributed by atoms with Crippen molar-refractivity contribution in [1.29, 1.82) is 0 Å². The number of phenols is 1. The predicted octanol–water partition coefficient (Wildman–Crippen LogP) is 4.64. The molecule has 0 bridgehead atoms. The second kappa shape index (κ2) is 7.53. The van der Waals surface area contributed by atoms with E-state index in [0.29, 0.717) is 17.4 Å². The zero-order valence-corrected chi connectivity index (χ0v) is 14.7. The van der Waals surface area contributed by atoms with Crippen molar-refractivity contribution in [2.75, 3.05) is 6.54 Å². The number of allylic oxidation sites excluding steroid dienone is 6. The number of hydrogen-bond donors (Lipinski definition) is 1. The largest absolute Gasteiger partial charge is 0.506 e. The maximum absolute atomic E-state index is 9.88. The minimum atomic E-state index is 0.185. The summed E-state index contributed by atoms with van der Waals surface area (Å²) in [5.74, 6) is 0.927. The van der Waals surface area contributed by atoms with Gasteiger partial charge in [0.15, 0.2) is 0 Å². The molecule has 24 heavy (non-hydrogen) atoms. The third kappa shape index (κ3) is 3.31. The Morgan fingerprint density at radius 2 is 2.21 bits per heavy atom. The summed E-state index contributed by atoms with van der Waals surface area (Å²) in [6.07, 6.45) is 13.9. The van der Waals surface area contributed by atoms with Crippen LogP contribution >= 0.6 is 11.7 Å². The number of fused-ring (bicyclic) bond motifs is 1. The van der Waals surface area contributed by atoms with Gasteiger partial charge in [-0.05, 0) is 43.9 Å². The maximum atomic E-state index is 9.88. The molecule has 0 amide bonds. The first kappa shape index (κ1) is 16.6. The predicted molar refractivity (Wildman–Crippen MR) is 102 cm³/mol. The van der Waals surface area contributed by atoms with Gasteiger partial charge in [0.2, 0.25) is 0 Å². The van der Waals surface area contributed by atoms with E-state index in [1.165, 1.54) is 0 Å². The lowest BCUT2D eigenvalue weighted by Gasteiger charge is -2.21. The van der Waals surface area contributed by atoms with Gasteiger partial charge in [-0.15, -0.1) is 0 Å². The molecule has 0 saturated carbocycles. The molecule has 1 aromatic carbocycles. The Hall–Kier alpha value is -2.27. The molecule has 4 nitrogen and oxygen atoms in total. The van der Waals surface area contributed by atoms with Gasteiger partial charge in [-0.3, -0.25) is 4.99 Å². The topological polar surface area (TPSA) is 58.4 Å². The van der Waals surface area contributed by atoms with Crippen LogP contribution < -0.4 is 0 Å². The Kier molecular flexibility index (Phi) is 5.20. The van der Waals surface area contributed by atoms with Crippen molar-refractivity contribution in [2.45, 2.75) is 20.3 Å². The zero-order valence-electron chi connectivity index (χ0n) is 13.9. The van der Waals surface area contributed by atoms with Gasteiger partial charge in [0.25, 0.3) is 0 Å². The molecule has 0 saturated heterocycles. The SMILES string of the molecule is C/C=C/C(C=NCC)C1C=CC(c2ccc(O)c3nsnc23)=CC1. The molecule has 0 spiro atoms. The van der Waals surface area contributed by atoms with Crippen molar-refractivity contribution in [1.82, 2.24) is 8.75 Å². The van der Waals surface area contributed by atoms with E-state index < -0.39 is 0 Å². The van der Waals surface area contributed by atoms with E-state index in [9.17, 15) is 5.11 Å². The Morgan fingerprint density at radius 1 is 1.38 bits per heavy atom. The van der Waals surface area contributed by atoms with E-state index in [1.807, 2.05) is 13.0 Å². The summed E-state index contributed by atoms with van der Waals surface area (Å²) in [5.41, 5.74) is 3.51. The summed E-state index contributed by atoms with van der Waals surface area (Å²) in [6.45, 7) is 4.91. The van der Waals surface area contributed by atoms with Gasteiger partial charge >= 0.3 is 0 Å². The van der Waals surface area contributed by atoms with Crippen LogP contribution in [0.15, 0.2) is 47.5 Å². The number of aromatic nitrogens is 2. The third-order valence-corrected chi connectivity index (χ3v) is 4.74. The molecule has 1 aliphatic rings. The Bertz CT molecular complexity index is 832. The molecule has 1 heterocycles. The number of hydrogen-bond acceptors (Lipinski definition) is 5. The molecule has 3 rings (SSSR count). The maximum Gasteiger partial charge on any atom is 0.147 e. The first-order chi connectivity index (χ1) is 11.7. The zero-order chi connectivity index (χ0) is 16.9. The van der Waals surface area contributed by atoms with E-state index in [1.54, 1.807) is 6.07 Å². The molecule has 2 atom stereocenters. The normalized spacial score (nSPS) is 19.4. The van der Waals surface area contributed by atoms with Crippen LogP contribution in [0.2, 0.25) is 0 Å². The van der Waals surface area contributed by atoms with E-state index in [0.717, 1.165) is 41.3 Å². The minimum absolute atomic E-state index is 0.185. The highest BCUT2D eigenvalue weighted by molar-refractivity contribution is 7.00. The first-order valence-electron chi connectivity index (χ1n) is 8.20. The Balaban J connectivity index is 1.85. The van der Waals surface area contributed by atoms with Crippen LogP contribution in [-0.4, -0.2) is 26.6 Å². The molecule has 2 unspecified atom stereocenters. The first-order valence-corrected chi connectivity index (χ1v) is 8.93. The Labute approximate surface area is 146 Å². The van der Waals surface area contributed by atoms with Gasteiger partial charge in [0.1, 0.15) is 16.8 Å². The van der Waals surface area contributed by atoms with Crippen LogP contribution in [0.25, 0.3) is 16.6 Å². The van der Waals surface area contributed by atoms with Crippen molar-refractivity contribution in [2.24, 2.45) is 16.8 Å². The van der Waals surface area contributed by atoms with E-state index in [2.05, 4.69) is 57.3 Å². The number of nitrogens with zero attached hydrogens (tertiary/aromatic N) is 3. The summed E-state index contributed by atoms with van der Waals surface area (Å²) < 4.78 is 8.52. The fourth-order valence-electron chi connectivity index (χ4n) is 2.96. The molecule has 1 N–H and O–H groups in total. The van der Waals surface area contributed by atoms with E-state index in [4.69, 9.17) is 0 Å². The Morgan fingerprint density at radius 3 is 2.92 bits per heavy atom. The van der Waals surface area contributed by atoms with E-state index in [-0.39, 0.29) is 5.75 Å². The molecular formula is C19H21N3OS. The highest BCUT2D eigenvalue weighted by Crippen LogP contribution is 2.34. The number of benzene rings is 1. The van der Waals surface area contributed by atoms with Crippen molar-refractivity contribution < 1.29 is 5.11 Å². The molecule has 1 aliphatic carbocycles. The highest BCUT2D eigenvalue weighted by Gasteiger charge is 2.19. The number of aliphatic imine (C=N–C) groups is 1. The lowest BCUT2D eigenvalue weighted by atomic mass is 9.84. The van der Waals surface area contributed by atoms with Crippen LogP contribution in [0.3, 0.4) is 0 Å². The number of rotatable bonds is 5. The number of aromatic hydroxyl groups is 1. The quantitative estimate of drug-likeness (QED) is 0.638. The monoisotopic (exact) mass is 339 g/mol. The fraction of sp³-hybridized carbons (Fsp3) is 0.316. The minimum Gasteiger partial charge on any atom is -0.506 e. The summed E-state index contributed by atoms with van der Waals surface area (Å²) in [4.78, 5) is 4.41. The lowest BCUT2D eigenvalue weighted by molar-refractivity contribution is 0.480. The van der Waals surface area contributed by atoms with E-state index >= 15 is 0 Å². The molecule has 5 heteroatoms. The molecule has 0 fully saturated rings. The number of phenolic OH excluding ortho intramolecular Hbond substituents is 1. The smallest absolute Gasteiger partial charge is 0.147 e. The summed E-state index contributed by atoms with van der Waals surface area (Å²) >= 11 is 1.13. The van der Waals surface area contributed by atoms with Crippen LogP contribution in [0.1, 0.15) is 25.8 Å². The summed E-state index contributed by atoms with van der Waals surface area (Å²) in [7, 11) is 0. The molecule has 0 aliphatic heterocycles. The van der Waals surface area contributed by atoms with Crippen LogP contribution in [0.5, 0.6) is 5.75 Å². The lowest BCUT2D eigenvalue weighted by Crippen LogP contribution is -2.13. The summed E-state index contributed by atoms with van der Waals surface area (Å²) in [5, 5.41) is 9.88. The van der Waals surface area contributed by atoms with Gasteiger partial charge in [-0.1, -0.05) is 30.4 Å². The van der Waals surface area contributed by atoms with Gasteiger partial charge in [0.05, 0.1) is 11.7 Å². The van der Waals surface area contributed by atoms with Crippen LogP contribution in [-0.2, 0) is 0 Å². The van der Waals surface area contributed by atoms with Crippen molar-refractivity contribution >= 4 is 34.5 Å². The second-order valence-corrected chi connectivity index (χ2v) is 6.29. The molecule has 1 aromatic heterocycles. The average Bonchev–Trinajstić information content (AvgIpc) is 3.10. The van der Waals surface area contributed by atoms with Gasteiger partial charge < -0.3 is 5.11 Å². The van der Waals surface area contributed by atoms with Gasteiger partial charge in [-0.2, -0.15) is 8.75 Å².